The number of anilines is 1. The fraction of sp³-hybridized carbons (Fsp3) is 0.125. The molecule has 0 saturated heterocycles. The number of H-pyrrole nitrogens is 1. The Hall–Kier alpha value is -2.53. The highest BCUT2D eigenvalue weighted by molar-refractivity contribution is 6.30. The number of nitrogens with zero attached hydrogens (tertiary/aromatic N) is 1. The van der Waals surface area contributed by atoms with Gasteiger partial charge in [-0.15, -0.1) is 0 Å². The van der Waals surface area contributed by atoms with E-state index in [2.05, 4.69) is 15.5 Å². The monoisotopic (exact) mass is 313 g/mol. The number of carbonyl (C=O) groups excluding carboxylic acids is 1. The van der Waals surface area contributed by atoms with Crippen LogP contribution in [0.3, 0.4) is 0 Å². The minimum atomic E-state index is -0.549. The molecule has 0 aliphatic carbocycles. The molecule has 1 atom stereocenters. The predicted molar refractivity (Wildman–Crippen MR) is 84.3 cm³/mol. The van der Waals surface area contributed by atoms with Crippen LogP contribution in [0.25, 0.3) is 10.9 Å². The van der Waals surface area contributed by atoms with Crippen molar-refractivity contribution < 1.29 is 9.53 Å². The lowest BCUT2D eigenvalue weighted by Gasteiger charge is -2.11. The first-order valence-electron chi connectivity index (χ1n) is 6.89. The summed E-state index contributed by atoms with van der Waals surface area (Å²) in [6.07, 6.45) is 1.68. The first-order chi connectivity index (χ1) is 10.7. The zero-order chi connectivity index (χ0) is 15.1. The Morgan fingerprint density at radius 3 is 3.18 bits per heavy atom. The number of aromatic nitrogens is 2. The molecule has 3 aromatic rings. The number of para-hydroxylation sites is 1. The van der Waals surface area contributed by atoms with E-state index in [1.54, 1.807) is 18.3 Å². The predicted octanol–water partition coefficient (Wildman–Crippen LogP) is 3.16. The summed E-state index contributed by atoms with van der Waals surface area (Å²) >= 11 is 5.97. The van der Waals surface area contributed by atoms with Crippen LogP contribution in [0.5, 0.6) is 5.75 Å². The Labute approximate surface area is 131 Å². The maximum absolute atomic E-state index is 12.4. The zero-order valence-electron chi connectivity index (χ0n) is 11.5. The molecule has 5 nitrogen and oxygen atoms in total. The third kappa shape index (κ3) is 2.19. The van der Waals surface area contributed by atoms with Crippen molar-refractivity contribution in [3.05, 3.63) is 53.2 Å². The van der Waals surface area contributed by atoms with Crippen LogP contribution in [0.4, 0.5) is 5.69 Å². The van der Waals surface area contributed by atoms with Gasteiger partial charge in [0, 0.05) is 16.8 Å². The van der Waals surface area contributed by atoms with Gasteiger partial charge in [-0.1, -0.05) is 23.7 Å². The van der Waals surface area contributed by atoms with Crippen molar-refractivity contribution in [2.45, 2.75) is 12.5 Å². The lowest BCUT2D eigenvalue weighted by Crippen LogP contribution is -2.31. The normalized spacial score (nSPS) is 16.3. The van der Waals surface area contributed by atoms with Gasteiger partial charge in [-0.3, -0.25) is 9.89 Å². The molecular weight excluding hydrogens is 302 g/mol. The molecule has 2 aromatic carbocycles. The van der Waals surface area contributed by atoms with Gasteiger partial charge in [-0.05, 0) is 29.8 Å². The number of amides is 1. The average Bonchev–Trinajstić information content (AvgIpc) is 3.13. The van der Waals surface area contributed by atoms with Crippen molar-refractivity contribution >= 4 is 34.1 Å². The summed E-state index contributed by atoms with van der Waals surface area (Å²) in [5.74, 6) is 0.527. The fourth-order valence-corrected chi connectivity index (χ4v) is 2.84. The van der Waals surface area contributed by atoms with E-state index < -0.39 is 6.10 Å². The summed E-state index contributed by atoms with van der Waals surface area (Å²) < 4.78 is 5.69. The minimum absolute atomic E-state index is 0.186. The number of ether oxygens (including phenoxy) is 1. The van der Waals surface area contributed by atoms with Crippen LogP contribution < -0.4 is 10.1 Å². The molecule has 0 bridgehead atoms. The van der Waals surface area contributed by atoms with E-state index in [1.165, 1.54) is 0 Å². The molecule has 0 fully saturated rings. The third-order valence-electron chi connectivity index (χ3n) is 3.72. The SMILES string of the molecule is O=C(Nc1cccc2cn[nH]c12)C1Cc2cc(Cl)ccc2O1. The molecule has 6 heteroatoms. The summed E-state index contributed by atoms with van der Waals surface area (Å²) in [5.41, 5.74) is 2.44. The van der Waals surface area contributed by atoms with E-state index in [1.807, 2.05) is 24.3 Å². The van der Waals surface area contributed by atoms with Crippen LogP contribution in [0.15, 0.2) is 42.6 Å². The maximum atomic E-state index is 12.4. The maximum Gasteiger partial charge on any atom is 0.265 e. The molecule has 4 rings (SSSR count). The second-order valence-electron chi connectivity index (χ2n) is 5.19. The van der Waals surface area contributed by atoms with Crippen molar-refractivity contribution in [2.75, 3.05) is 5.32 Å². The van der Waals surface area contributed by atoms with E-state index in [9.17, 15) is 4.79 Å². The highest BCUT2D eigenvalue weighted by Crippen LogP contribution is 2.31. The Balaban J connectivity index is 1.55. The molecule has 1 unspecified atom stereocenters. The van der Waals surface area contributed by atoms with Crippen molar-refractivity contribution in [1.29, 1.82) is 0 Å². The van der Waals surface area contributed by atoms with Crippen LogP contribution in [-0.2, 0) is 11.2 Å². The van der Waals surface area contributed by atoms with Gasteiger partial charge < -0.3 is 10.1 Å². The Morgan fingerprint density at radius 1 is 1.36 bits per heavy atom. The fourth-order valence-electron chi connectivity index (χ4n) is 2.65. The number of hydrogen-bond acceptors (Lipinski definition) is 3. The quantitative estimate of drug-likeness (QED) is 0.763. The summed E-state index contributed by atoms with van der Waals surface area (Å²) in [6.45, 7) is 0. The number of aromatic amines is 1. The molecule has 0 radical (unpaired) electrons. The summed E-state index contributed by atoms with van der Waals surface area (Å²) in [5, 5.41) is 11.4. The van der Waals surface area contributed by atoms with E-state index in [0.29, 0.717) is 22.9 Å². The Bertz CT molecular complexity index is 875. The molecule has 1 aromatic heterocycles. The van der Waals surface area contributed by atoms with Gasteiger partial charge in [0.2, 0.25) is 0 Å². The molecule has 2 N–H and O–H groups in total. The van der Waals surface area contributed by atoms with Gasteiger partial charge in [0.1, 0.15) is 5.75 Å². The third-order valence-corrected chi connectivity index (χ3v) is 3.96. The van der Waals surface area contributed by atoms with Crippen LogP contribution in [-0.4, -0.2) is 22.2 Å². The van der Waals surface area contributed by atoms with Crippen LogP contribution in [0.2, 0.25) is 5.02 Å². The van der Waals surface area contributed by atoms with Gasteiger partial charge in [-0.25, -0.2) is 0 Å². The first kappa shape index (κ1) is 13.2. The molecule has 0 saturated carbocycles. The number of rotatable bonds is 2. The van der Waals surface area contributed by atoms with Crippen LogP contribution >= 0.6 is 11.6 Å². The second kappa shape index (κ2) is 5.03. The molecule has 2 heterocycles. The molecule has 22 heavy (non-hydrogen) atoms. The number of carbonyl (C=O) groups is 1. The standard InChI is InChI=1S/C16H12ClN3O2/c17-11-4-5-13-10(6-11)7-14(22-13)16(21)19-12-3-1-2-9-8-18-20-15(9)12/h1-6,8,14H,7H2,(H,18,20)(H,19,21). The highest BCUT2D eigenvalue weighted by atomic mass is 35.5. The lowest BCUT2D eigenvalue weighted by molar-refractivity contribution is -0.122. The average molecular weight is 314 g/mol. The van der Waals surface area contributed by atoms with Crippen molar-refractivity contribution in [3.63, 3.8) is 0 Å². The number of benzene rings is 2. The smallest absolute Gasteiger partial charge is 0.265 e. The first-order valence-corrected chi connectivity index (χ1v) is 7.26. The molecule has 1 aliphatic rings. The number of fused-ring (bicyclic) bond motifs is 2. The van der Waals surface area contributed by atoms with Gasteiger partial charge in [0.05, 0.1) is 17.4 Å². The molecule has 1 aliphatic heterocycles. The Kier molecular flexibility index (Phi) is 3.01. The number of halogens is 1. The summed E-state index contributed by atoms with van der Waals surface area (Å²) in [7, 11) is 0. The molecule has 1 amide bonds. The van der Waals surface area contributed by atoms with Gasteiger partial charge in [-0.2, -0.15) is 5.10 Å². The van der Waals surface area contributed by atoms with Crippen molar-refractivity contribution in [3.8, 4) is 5.75 Å². The van der Waals surface area contributed by atoms with Crippen molar-refractivity contribution in [2.24, 2.45) is 0 Å². The van der Waals surface area contributed by atoms with E-state index in [-0.39, 0.29) is 5.91 Å². The van der Waals surface area contributed by atoms with Gasteiger partial charge >= 0.3 is 0 Å². The van der Waals surface area contributed by atoms with Crippen molar-refractivity contribution in [1.82, 2.24) is 10.2 Å². The van der Waals surface area contributed by atoms with E-state index in [0.717, 1.165) is 16.5 Å². The largest absolute Gasteiger partial charge is 0.480 e. The molecule has 110 valence electrons. The number of hydrogen-bond donors (Lipinski definition) is 2. The second-order valence-corrected chi connectivity index (χ2v) is 5.63. The summed E-state index contributed by atoms with van der Waals surface area (Å²) in [6, 6.07) is 11.0. The zero-order valence-corrected chi connectivity index (χ0v) is 12.2. The summed E-state index contributed by atoms with van der Waals surface area (Å²) in [4.78, 5) is 12.4. The van der Waals surface area contributed by atoms with Gasteiger partial charge in [0.25, 0.3) is 5.91 Å². The lowest BCUT2D eigenvalue weighted by atomic mass is 10.1. The highest BCUT2D eigenvalue weighted by Gasteiger charge is 2.29. The topological polar surface area (TPSA) is 67.0 Å². The minimum Gasteiger partial charge on any atom is -0.480 e. The number of nitrogens with one attached hydrogen (secondary N) is 2. The van der Waals surface area contributed by atoms with E-state index >= 15 is 0 Å². The molecular formula is C16H12ClN3O2. The molecule has 0 spiro atoms. The Morgan fingerprint density at radius 2 is 2.27 bits per heavy atom. The van der Waals surface area contributed by atoms with Crippen LogP contribution in [0, 0.1) is 0 Å². The van der Waals surface area contributed by atoms with Gasteiger partial charge in [0.15, 0.2) is 6.10 Å². The van der Waals surface area contributed by atoms with E-state index in [4.69, 9.17) is 16.3 Å². The van der Waals surface area contributed by atoms with Crippen LogP contribution in [0.1, 0.15) is 5.56 Å².